The third-order valence-corrected chi connectivity index (χ3v) is 19.4. The minimum Gasteiger partial charge on any atom is -0.510 e. The predicted molar refractivity (Wildman–Crippen MR) is 355 cm³/mol. The topological polar surface area (TPSA) is 35.9 Å². The minimum absolute atomic E-state index is 0. The molecule has 428 valence electrons. The van der Waals surface area contributed by atoms with E-state index in [0.29, 0.717) is 39.2 Å². The summed E-state index contributed by atoms with van der Waals surface area (Å²) in [7, 11) is -6.20. The number of pyridine rings is 1. The van der Waals surface area contributed by atoms with Crippen molar-refractivity contribution in [1.82, 2.24) is 14.1 Å². The van der Waals surface area contributed by atoms with E-state index in [1.165, 1.54) is 6.07 Å². The molecular weight excluding hydrogens is 1240 g/mol. The Morgan fingerprint density at radius 3 is 1.78 bits per heavy atom. The van der Waals surface area contributed by atoms with Gasteiger partial charge in [0.15, 0.2) is 8.07 Å². The number of benzene rings is 10. The summed E-state index contributed by atoms with van der Waals surface area (Å²) >= 11 is 0. The van der Waals surface area contributed by atoms with Crippen LogP contribution in [-0.2, 0) is 37.3 Å². The smallest absolute Gasteiger partial charge is 0.268 e. The Hall–Kier alpha value is -8.67. The number of para-hydroxylation sites is 4. The summed E-state index contributed by atoms with van der Waals surface area (Å²) in [5.41, 5.74) is 5.06. The van der Waals surface area contributed by atoms with Crippen molar-refractivity contribution in [2.45, 2.75) is 85.4 Å². The van der Waals surface area contributed by atoms with E-state index in [4.69, 9.17) is 26.2 Å². The molecule has 86 heavy (non-hydrogen) atoms. The first-order valence-corrected chi connectivity index (χ1v) is 29.8. The summed E-state index contributed by atoms with van der Waals surface area (Å²) in [6, 6.07) is 23.7. The quantitative estimate of drug-likeness (QED) is 0.0560. The van der Waals surface area contributed by atoms with Gasteiger partial charge in [0, 0.05) is 54.0 Å². The second kappa shape index (κ2) is 22.6. The second-order valence-corrected chi connectivity index (χ2v) is 27.5. The number of rotatable bonds is 11. The average Bonchev–Trinajstić information content (AvgIpc) is 0.822. The summed E-state index contributed by atoms with van der Waals surface area (Å²) in [6.45, 7) is 15.9. The maximum absolute atomic E-state index is 10.8. The molecule has 5 nitrogen and oxygen atoms in total. The number of nitrogens with zero attached hydrogens (tertiary/aromatic N) is 4. The molecule has 0 N–H and O–H groups in total. The summed E-state index contributed by atoms with van der Waals surface area (Å²) < 4.78 is 218. The molecule has 0 bridgehead atoms. The van der Waals surface area contributed by atoms with Gasteiger partial charge in [-0.3, -0.25) is 4.57 Å². The number of ether oxygens (including phenoxy) is 1. The van der Waals surface area contributed by atoms with E-state index < -0.39 is 161 Å². The molecule has 13 rings (SSSR count). The number of imidazole rings is 1. The minimum atomic E-state index is -6.20. The van der Waals surface area contributed by atoms with Crippen LogP contribution in [0.25, 0.3) is 72.3 Å². The van der Waals surface area contributed by atoms with Crippen LogP contribution in [0.3, 0.4) is 0 Å². The van der Waals surface area contributed by atoms with Crippen LogP contribution in [0.5, 0.6) is 11.5 Å². The molecule has 3 heterocycles. The zero-order valence-electron chi connectivity index (χ0n) is 70.6. The fourth-order valence-electron chi connectivity index (χ4n) is 11.1. The molecule has 0 amide bonds. The Morgan fingerprint density at radius 2 is 1.14 bits per heavy atom. The average molecular weight is 1340 g/mol. The van der Waals surface area contributed by atoms with Gasteiger partial charge in [0.2, 0.25) is 0 Å². The van der Waals surface area contributed by atoms with Crippen molar-refractivity contribution in [2.24, 2.45) is 0 Å². The molecule has 7 heteroatoms. The van der Waals surface area contributed by atoms with Crippen LogP contribution in [0.4, 0.5) is 0 Å². The number of aryl methyl sites for hydroxylation is 1. The SMILES string of the molecule is [2H]c1c([2H])c([2H])c([Si](c2c([2H])c([2H])c([2H])c([2H])c2[2H])(c2c([2H])c([2H])c([2H])c([2H])c2[2H])c2c([2H])c([2H])c([2H])c(-c3cccc(C(C)(C)C)c3-[n+]3[c-]n(-c4[c-]c(Oc5[c-]c6c(cc5)c5ccccc5n6-c5cc(C([2H])([2H])[2H])c(-c6cc(C(C)(C)C)cc(C(C)(C)C)c6)cn5)ccc4)c4ccccc43)c2[2H])c([2H])c1[2H].[Pt]. The molecule has 0 aliphatic heterocycles. The fourth-order valence-corrected chi connectivity index (χ4v) is 14.6. The summed E-state index contributed by atoms with van der Waals surface area (Å²) in [4.78, 5) is 5.03. The van der Waals surface area contributed by atoms with Crippen molar-refractivity contribution < 1.29 is 60.5 Å². The second-order valence-electron chi connectivity index (χ2n) is 24.0. The zero-order chi connectivity index (χ0) is 77.9. The van der Waals surface area contributed by atoms with Crippen LogP contribution in [0, 0.1) is 25.3 Å². The van der Waals surface area contributed by atoms with Crippen LogP contribution in [0.15, 0.2) is 242 Å². The Kier molecular flexibility index (Phi) is 9.74. The van der Waals surface area contributed by atoms with E-state index >= 15 is 0 Å². The van der Waals surface area contributed by atoms with Crippen LogP contribution in [0.1, 0.15) is 115 Å². The molecule has 0 fully saturated rings. The van der Waals surface area contributed by atoms with Crippen molar-refractivity contribution in [3.05, 3.63) is 283 Å². The first-order chi connectivity index (χ1) is 50.0. The molecule has 0 radical (unpaired) electrons. The summed E-state index contributed by atoms with van der Waals surface area (Å²) in [5, 5.41) is -2.12. The Labute approximate surface area is 553 Å². The monoisotopic (exact) mass is 1340 g/mol. The molecule has 13 aromatic rings. The molecular formula is C79H70N4OPtSi-2. The first-order valence-electron chi connectivity index (χ1n) is 38.8. The molecule has 0 saturated heterocycles. The first kappa shape index (κ1) is 37.0. The van der Waals surface area contributed by atoms with E-state index in [0.717, 1.165) is 33.0 Å². The van der Waals surface area contributed by atoms with Crippen LogP contribution in [-0.4, -0.2) is 22.2 Å². The van der Waals surface area contributed by atoms with Crippen molar-refractivity contribution in [1.29, 1.82) is 0 Å². The van der Waals surface area contributed by atoms with Gasteiger partial charge in [0.05, 0.1) is 42.8 Å². The predicted octanol–water partition coefficient (Wildman–Crippen LogP) is 16.5. The number of aromatic nitrogens is 4. The molecule has 10 aromatic carbocycles. The van der Waals surface area contributed by atoms with Gasteiger partial charge in [-0.15, -0.1) is 29.7 Å². The van der Waals surface area contributed by atoms with Gasteiger partial charge in [-0.05, 0) is 106 Å². The van der Waals surface area contributed by atoms with Gasteiger partial charge in [0.25, 0.3) is 6.33 Å². The maximum atomic E-state index is 10.8. The van der Waals surface area contributed by atoms with Gasteiger partial charge in [-0.1, -0.05) is 261 Å². The van der Waals surface area contributed by atoms with Gasteiger partial charge in [-0.2, -0.15) is 18.2 Å². The Morgan fingerprint density at radius 1 is 0.535 bits per heavy atom. The van der Waals surface area contributed by atoms with Crippen molar-refractivity contribution in [3.8, 4) is 50.9 Å². The standard InChI is InChI=1S/C79H70N4OSi.Pt/c1-54-45-75(80-52-69(54)56-46-57(77(2,3)4)49-58(47-56)78(5,6)7)83-71-40-21-20-37-67(71)68-44-43-61(51-74(68)83)84-60-29-25-28-59(50-60)81-53-82(73-42-23-22-41-72(73)81)76-66(38-26-39-70(76)79(8,9)10)55-27-24-36-65(48-55)85(62-30-14-11-15-31-62,63-32-16-12-17-33-63)64-34-18-13-19-35-64;/h11-49,52H,1-10H3;/q-2;/i1D3,11D,12D,13D,14D,15D,16D,17D,18D,19D,24D,27D,30D,31D,32D,33D,34D,35D,36D,48D;. The molecule has 0 aliphatic rings. The van der Waals surface area contributed by atoms with Gasteiger partial charge in [0.1, 0.15) is 5.82 Å². The van der Waals surface area contributed by atoms with Crippen LogP contribution in [0.2, 0.25) is 0 Å². The third kappa shape index (κ3) is 10.5. The van der Waals surface area contributed by atoms with Crippen molar-refractivity contribution in [2.75, 3.05) is 0 Å². The molecule has 0 saturated carbocycles. The molecule has 3 aromatic heterocycles. The van der Waals surface area contributed by atoms with Gasteiger partial charge >= 0.3 is 0 Å². The number of fused-ring (bicyclic) bond motifs is 4. The maximum Gasteiger partial charge on any atom is 0.268 e. The number of hydrogen-bond acceptors (Lipinski definition) is 2. The van der Waals surface area contributed by atoms with E-state index in [2.05, 4.69) is 66.1 Å². The number of hydrogen-bond donors (Lipinski definition) is 0. The van der Waals surface area contributed by atoms with Crippen LogP contribution < -0.4 is 30.1 Å². The zero-order valence-corrected chi connectivity index (χ0v) is 51.9. The van der Waals surface area contributed by atoms with Gasteiger partial charge in [-0.25, -0.2) is 4.98 Å². The third-order valence-electron chi connectivity index (χ3n) is 15.4. The molecule has 0 unspecified atom stereocenters. The van der Waals surface area contributed by atoms with Crippen LogP contribution >= 0.6 is 0 Å². The molecule has 0 atom stereocenters. The Balaban J connectivity index is 0.0000109. The largest absolute Gasteiger partial charge is 0.510 e. The normalized spacial score (nSPS) is 16.0. The summed E-state index contributed by atoms with van der Waals surface area (Å²) in [6.07, 6.45) is 5.13. The molecule has 0 aliphatic carbocycles. The van der Waals surface area contributed by atoms with Crippen molar-refractivity contribution >= 4 is 61.7 Å². The summed E-state index contributed by atoms with van der Waals surface area (Å²) in [5.74, 6) is 0.826. The Bertz CT molecular complexity index is 5660. The van der Waals surface area contributed by atoms with Gasteiger partial charge < -0.3 is 13.9 Å². The fraction of sp³-hybridized carbons (Fsp3) is 0.165. The molecule has 0 spiro atoms. The van der Waals surface area contributed by atoms with Crippen molar-refractivity contribution in [3.63, 3.8) is 0 Å². The van der Waals surface area contributed by atoms with E-state index in [1.54, 1.807) is 76.0 Å². The van der Waals surface area contributed by atoms with E-state index in [9.17, 15) is 13.7 Å². The van der Waals surface area contributed by atoms with E-state index in [-0.39, 0.29) is 60.2 Å². The van der Waals surface area contributed by atoms with E-state index in [1.807, 2.05) is 73.9 Å².